The lowest BCUT2D eigenvalue weighted by molar-refractivity contribution is -0.128. The van der Waals surface area contributed by atoms with Gasteiger partial charge in [-0.05, 0) is 20.3 Å². The van der Waals surface area contributed by atoms with Crippen LogP contribution in [0.2, 0.25) is 0 Å². The highest BCUT2D eigenvalue weighted by Crippen LogP contribution is 2.33. The van der Waals surface area contributed by atoms with Crippen molar-refractivity contribution in [3.05, 3.63) is 11.9 Å². The normalized spacial score (nSPS) is 21.4. The molecule has 1 unspecified atom stereocenters. The lowest BCUT2D eigenvalue weighted by atomic mass is 9.89. The molecule has 1 fully saturated rings. The number of nitrogens with zero attached hydrogens (tertiary/aromatic N) is 3. The Morgan fingerprint density at radius 1 is 1.43 bits per heavy atom. The second kappa shape index (κ2) is 6.28. The summed E-state index contributed by atoms with van der Waals surface area (Å²) in [6.07, 6.45) is 1.64. The highest BCUT2D eigenvalue weighted by atomic mass is 16.2. The fourth-order valence-electron chi connectivity index (χ4n) is 2.72. The molecule has 1 aromatic rings. The van der Waals surface area contributed by atoms with Crippen molar-refractivity contribution < 1.29 is 4.79 Å². The van der Waals surface area contributed by atoms with Gasteiger partial charge >= 0.3 is 0 Å². The molecule has 0 spiro atoms. The molecule has 1 aliphatic heterocycles. The van der Waals surface area contributed by atoms with Crippen LogP contribution < -0.4 is 15.5 Å². The van der Waals surface area contributed by atoms with Crippen molar-refractivity contribution in [1.82, 2.24) is 15.3 Å². The van der Waals surface area contributed by atoms with Gasteiger partial charge in [-0.3, -0.25) is 4.79 Å². The number of rotatable bonds is 5. The average Bonchev–Trinajstić information content (AvgIpc) is 2.90. The first-order valence-corrected chi connectivity index (χ1v) is 7.61. The summed E-state index contributed by atoms with van der Waals surface area (Å²) in [6, 6.07) is 1.97. The van der Waals surface area contributed by atoms with Crippen LogP contribution >= 0.6 is 0 Å². The quantitative estimate of drug-likeness (QED) is 0.859. The van der Waals surface area contributed by atoms with Crippen LogP contribution in [-0.4, -0.2) is 42.6 Å². The molecule has 6 nitrogen and oxygen atoms in total. The Hall–Kier alpha value is -1.85. The number of amides is 1. The van der Waals surface area contributed by atoms with E-state index in [1.54, 1.807) is 7.05 Å². The number of carbonyl (C=O) groups is 1. The fourth-order valence-corrected chi connectivity index (χ4v) is 2.72. The fraction of sp³-hybridized carbons (Fsp3) is 0.667. The third-order valence-electron chi connectivity index (χ3n) is 4.01. The van der Waals surface area contributed by atoms with Crippen LogP contribution in [0.25, 0.3) is 0 Å². The molecule has 21 heavy (non-hydrogen) atoms. The van der Waals surface area contributed by atoms with E-state index < -0.39 is 0 Å². The maximum absolute atomic E-state index is 12.0. The Labute approximate surface area is 126 Å². The second-order valence-corrected chi connectivity index (χ2v) is 5.72. The van der Waals surface area contributed by atoms with Crippen LogP contribution in [0, 0.1) is 5.41 Å². The molecule has 1 saturated heterocycles. The van der Waals surface area contributed by atoms with Crippen molar-refractivity contribution in [1.29, 1.82) is 0 Å². The summed E-state index contributed by atoms with van der Waals surface area (Å²) in [5.41, 5.74) is -0.343. The summed E-state index contributed by atoms with van der Waals surface area (Å²) >= 11 is 0. The van der Waals surface area contributed by atoms with E-state index >= 15 is 0 Å². The minimum Gasteiger partial charge on any atom is -0.370 e. The molecule has 0 bridgehead atoms. The molecule has 1 amide bonds. The topological polar surface area (TPSA) is 70.2 Å². The van der Waals surface area contributed by atoms with Crippen molar-refractivity contribution in [3.63, 3.8) is 0 Å². The van der Waals surface area contributed by atoms with E-state index in [-0.39, 0.29) is 11.3 Å². The predicted octanol–water partition coefficient (Wildman–Crippen LogP) is 1.43. The van der Waals surface area contributed by atoms with Crippen molar-refractivity contribution in [2.45, 2.75) is 33.6 Å². The summed E-state index contributed by atoms with van der Waals surface area (Å²) in [6.45, 7) is 8.47. The molecular formula is C15H25N5O. The van der Waals surface area contributed by atoms with E-state index in [0.717, 1.165) is 43.4 Å². The largest absolute Gasteiger partial charge is 0.370 e. The molecule has 1 atom stereocenters. The van der Waals surface area contributed by atoms with Crippen LogP contribution in [0.1, 0.15) is 33.0 Å². The highest BCUT2D eigenvalue weighted by Gasteiger charge is 2.40. The second-order valence-electron chi connectivity index (χ2n) is 5.72. The Morgan fingerprint density at radius 3 is 2.81 bits per heavy atom. The molecule has 6 heteroatoms. The van der Waals surface area contributed by atoms with Crippen molar-refractivity contribution >= 4 is 17.5 Å². The Kier molecular flexibility index (Phi) is 4.65. The number of aromatic nitrogens is 2. The van der Waals surface area contributed by atoms with E-state index in [9.17, 15) is 4.79 Å². The first-order chi connectivity index (χ1) is 10.0. The zero-order valence-corrected chi connectivity index (χ0v) is 13.4. The maximum atomic E-state index is 12.0. The average molecular weight is 291 g/mol. The predicted molar refractivity (Wildman–Crippen MR) is 84.6 cm³/mol. The molecule has 0 aliphatic carbocycles. The molecule has 1 aliphatic rings. The van der Waals surface area contributed by atoms with E-state index in [1.807, 2.05) is 26.8 Å². The third-order valence-corrected chi connectivity index (χ3v) is 4.01. The molecule has 2 heterocycles. The standard InChI is InChI=1S/C15H25N5O/c1-5-11-18-12(17-6-2)9-13(19-11)20-8-7-15(3,10-20)14(21)16-4/h9H,5-8,10H2,1-4H3,(H,16,21)(H,17,18,19). The van der Waals surface area contributed by atoms with Gasteiger partial charge in [-0.2, -0.15) is 0 Å². The van der Waals surface area contributed by atoms with Crippen LogP contribution in [0.4, 0.5) is 11.6 Å². The summed E-state index contributed by atoms with van der Waals surface area (Å²) in [7, 11) is 1.69. The molecule has 116 valence electrons. The van der Waals surface area contributed by atoms with Gasteiger partial charge in [-0.25, -0.2) is 9.97 Å². The Balaban J connectivity index is 2.23. The van der Waals surface area contributed by atoms with Gasteiger partial charge in [0.05, 0.1) is 5.41 Å². The number of aryl methyl sites for hydroxylation is 1. The minimum absolute atomic E-state index is 0.0988. The lowest BCUT2D eigenvalue weighted by Gasteiger charge is -2.23. The smallest absolute Gasteiger partial charge is 0.227 e. The van der Waals surface area contributed by atoms with E-state index in [4.69, 9.17) is 0 Å². The maximum Gasteiger partial charge on any atom is 0.227 e. The molecule has 0 radical (unpaired) electrons. The molecule has 1 aromatic heterocycles. The summed E-state index contributed by atoms with van der Waals surface area (Å²) in [5.74, 6) is 2.69. The highest BCUT2D eigenvalue weighted by molar-refractivity contribution is 5.83. The van der Waals surface area contributed by atoms with Crippen LogP contribution in [0.15, 0.2) is 6.07 Å². The summed E-state index contributed by atoms with van der Waals surface area (Å²) in [5, 5.41) is 6.01. The van der Waals surface area contributed by atoms with Gasteiger partial charge in [0.25, 0.3) is 0 Å². The summed E-state index contributed by atoms with van der Waals surface area (Å²) < 4.78 is 0. The summed E-state index contributed by atoms with van der Waals surface area (Å²) in [4.78, 5) is 23.3. The first-order valence-electron chi connectivity index (χ1n) is 7.61. The lowest BCUT2D eigenvalue weighted by Crippen LogP contribution is -2.39. The van der Waals surface area contributed by atoms with Crippen LogP contribution in [-0.2, 0) is 11.2 Å². The molecule has 2 rings (SSSR count). The van der Waals surface area contributed by atoms with Gasteiger partial charge in [0.2, 0.25) is 5.91 Å². The molecule has 0 saturated carbocycles. The number of anilines is 2. The SMILES string of the molecule is CCNc1cc(N2CCC(C)(C(=O)NC)C2)nc(CC)n1. The van der Waals surface area contributed by atoms with Crippen molar-refractivity contribution in [3.8, 4) is 0 Å². The number of nitrogens with one attached hydrogen (secondary N) is 2. The third kappa shape index (κ3) is 3.25. The van der Waals surface area contributed by atoms with Crippen LogP contribution in [0.5, 0.6) is 0 Å². The van der Waals surface area contributed by atoms with Gasteiger partial charge < -0.3 is 15.5 Å². The first kappa shape index (κ1) is 15.5. The molecule has 0 aromatic carbocycles. The van der Waals surface area contributed by atoms with Gasteiger partial charge in [0, 0.05) is 39.2 Å². The minimum atomic E-state index is -0.343. The van der Waals surface area contributed by atoms with Crippen molar-refractivity contribution in [2.24, 2.45) is 5.41 Å². The van der Waals surface area contributed by atoms with E-state index in [0.29, 0.717) is 6.54 Å². The van der Waals surface area contributed by atoms with Gasteiger partial charge in [-0.1, -0.05) is 6.92 Å². The van der Waals surface area contributed by atoms with Crippen molar-refractivity contribution in [2.75, 3.05) is 36.9 Å². The number of carbonyl (C=O) groups excluding carboxylic acids is 1. The van der Waals surface area contributed by atoms with Gasteiger partial charge in [0.1, 0.15) is 17.5 Å². The Morgan fingerprint density at radius 2 is 2.19 bits per heavy atom. The van der Waals surface area contributed by atoms with E-state index in [1.165, 1.54) is 0 Å². The van der Waals surface area contributed by atoms with Crippen LogP contribution in [0.3, 0.4) is 0 Å². The van der Waals surface area contributed by atoms with Gasteiger partial charge in [-0.15, -0.1) is 0 Å². The zero-order valence-electron chi connectivity index (χ0n) is 13.4. The zero-order chi connectivity index (χ0) is 15.5. The monoisotopic (exact) mass is 291 g/mol. The number of hydrogen-bond acceptors (Lipinski definition) is 5. The Bertz CT molecular complexity index is 519. The molecule has 2 N–H and O–H groups in total. The molecular weight excluding hydrogens is 266 g/mol. The van der Waals surface area contributed by atoms with Gasteiger partial charge in [0.15, 0.2) is 0 Å². The number of hydrogen-bond donors (Lipinski definition) is 2. The van der Waals surface area contributed by atoms with E-state index in [2.05, 4.69) is 25.5 Å².